The van der Waals surface area contributed by atoms with E-state index in [1.54, 1.807) is 31.2 Å². The topological polar surface area (TPSA) is 212 Å². The molecule has 6 amide bonds. The molecule has 6 atom stereocenters. The second-order valence-corrected chi connectivity index (χ2v) is 12.8. The smallest absolute Gasteiger partial charge is 0.274 e. The fraction of sp³-hybridized carbons (Fsp3) is 0.545. The van der Waals surface area contributed by atoms with Gasteiger partial charge in [-0.05, 0) is 44.6 Å². The van der Waals surface area contributed by atoms with E-state index in [-0.39, 0.29) is 56.8 Å². The van der Waals surface area contributed by atoms with Crippen molar-refractivity contribution in [2.45, 2.75) is 96.1 Å². The van der Waals surface area contributed by atoms with Gasteiger partial charge in [-0.25, -0.2) is 0 Å². The van der Waals surface area contributed by atoms with Gasteiger partial charge in [-0.1, -0.05) is 49.3 Å². The molecule has 48 heavy (non-hydrogen) atoms. The molecule has 4 rings (SSSR count). The molecule has 3 heterocycles. The molecule has 2 aliphatic rings. The van der Waals surface area contributed by atoms with E-state index in [1.807, 2.05) is 19.9 Å². The number of aliphatic hydroxyl groups is 1. The van der Waals surface area contributed by atoms with Crippen LogP contribution in [-0.4, -0.2) is 100 Å². The Kier molecular flexibility index (Phi) is 12.3. The van der Waals surface area contributed by atoms with Gasteiger partial charge >= 0.3 is 0 Å². The monoisotopic (exact) mass is 667 g/mol. The molecule has 15 heteroatoms. The predicted octanol–water partition coefficient (Wildman–Crippen LogP) is -0.284. The van der Waals surface area contributed by atoms with E-state index in [0.717, 1.165) is 5.56 Å². The molecule has 0 saturated carbocycles. The quantitative estimate of drug-likeness (QED) is 0.239. The van der Waals surface area contributed by atoms with Gasteiger partial charge in [0.25, 0.3) is 5.91 Å². The number of nitrogens with one attached hydrogen (secondary N) is 5. The van der Waals surface area contributed by atoms with Crippen LogP contribution in [0.15, 0.2) is 40.9 Å². The normalized spacial score (nSPS) is 26.5. The molecule has 0 bridgehead atoms. The Balaban J connectivity index is 1.66. The number of amides is 6. The number of carbonyl (C=O) groups excluding carboxylic acids is 6. The van der Waals surface area contributed by atoms with E-state index < -0.39 is 71.8 Å². The SMILES string of the molecule is Cc1cc(C(=O)N[C@H]2CCCNC(=O)[C@@H]3C[C@@H](O)CN3C(=O)[C@H](C)NC(=O)[C@H](CC(C)C)NC(=O)[C@@H](Cc3ccccc3)NC2=O)no1. The highest BCUT2D eigenvalue weighted by atomic mass is 16.5. The number of aryl methyl sites for hydroxylation is 1. The molecule has 260 valence electrons. The molecule has 2 aromatic rings. The van der Waals surface area contributed by atoms with Crippen molar-refractivity contribution in [1.82, 2.24) is 36.6 Å². The molecular weight excluding hydrogens is 622 g/mol. The van der Waals surface area contributed by atoms with Crippen LogP contribution in [0.2, 0.25) is 0 Å². The molecule has 15 nitrogen and oxygen atoms in total. The molecule has 6 N–H and O–H groups in total. The molecule has 0 radical (unpaired) electrons. The second kappa shape index (κ2) is 16.4. The van der Waals surface area contributed by atoms with Gasteiger partial charge < -0.3 is 41.1 Å². The summed E-state index contributed by atoms with van der Waals surface area (Å²) in [4.78, 5) is 82.0. The van der Waals surface area contributed by atoms with E-state index in [9.17, 15) is 33.9 Å². The third kappa shape index (κ3) is 9.62. The number of nitrogens with zero attached hydrogens (tertiary/aromatic N) is 2. The zero-order chi connectivity index (χ0) is 35.0. The van der Waals surface area contributed by atoms with Crippen LogP contribution >= 0.6 is 0 Å². The average Bonchev–Trinajstić information content (AvgIpc) is 3.66. The first-order valence-electron chi connectivity index (χ1n) is 16.3. The third-order valence-electron chi connectivity index (χ3n) is 8.30. The molecule has 0 unspecified atom stereocenters. The van der Waals surface area contributed by atoms with Crippen LogP contribution in [0.25, 0.3) is 0 Å². The highest BCUT2D eigenvalue weighted by Gasteiger charge is 2.41. The summed E-state index contributed by atoms with van der Waals surface area (Å²) in [6, 6.07) is 5.07. The van der Waals surface area contributed by atoms with Gasteiger partial charge in [-0.3, -0.25) is 28.8 Å². The first kappa shape index (κ1) is 36.1. The van der Waals surface area contributed by atoms with Gasteiger partial charge in [0.05, 0.1) is 6.10 Å². The number of aromatic nitrogens is 1. The van der Waals surface area contributed by atoms with Crippen molar-refractivity contribution in [3.05, 3.63) is 53.4 Å². The zero-order valence-electron chi connectivity index (χ0n) is 27.7. The first-order chi connectivity index (χ1) is 22.8. The lowest BCUT2D eigenvalue weighted by Gasteiger charge is -2.29. The van der Waals surface area contributed by atoms with Crippen LogP contribution in [0.3, 0.4) is 0 Å². The Bertz CT molecular complexity index is 1480. The van der Waals surface area contributed by atoms with Gasteiger partial charge in [0, 0.05) is 32.0 Å². The van der Waals surface area contributed by atoms with Gasteiger partial charge in [0.2, 0.25) is 29.5 Å². The Morgan fingerprint density at radius 2 is 1.71 bits per heavy atom. The highest BCUT2D eigenvalue weighted by Crippen LogP contribution is 2.20. The van der Waals surface area contributed by atoms with Crippen LogP contribution in [0, 0.1) is 12.8 Å². The van der Waals surface area contributed by atoms with E-state index in [4.69, 9.17) is 4.52 Å². The maximum atomic E-state index is 13.8. The number of hydrogen-bond donors (Lipinski definition) is 6. The number of fused-ring (bicyclic) bond motifs is 1. The van der Waals surface area contributed by atoms with E-state index in [0.29, 0.717) is 5.76 Å². The Morgan fingerprint density at radius 3 is 2.38 bits per heavy atom. The summed E-state index contributed by atoms with van der Waals surface area (Å²) in [5, 5.41) is 27.7. The standard InChI is InChI=1S/C33H45N7O8/c1-18(2)13-24-29(43)35-20(4)33(47)40-17-22(41)16-27(40)32(46)34-12-8-11-23(36-31(45)26-14-19(3)48-39-26)28(42)38-25(30(44)37-24)15-21-9-6-5-7-10-21/h5-7,9-10,14,18,20,22-25,27,41H,8,11-13,15-17H2,1-4H3,(H,34,46)(H,35,43)(H,36,45)(H,37,44)(H,38,42)/t20-,22+,23-,24-,25+,27-/m0/s1. The molecule has 1 aromatic heterocycles. The highest BCUT2D eigenvalue weighted by molar-refractivity contribution is 5.98. The molecule has 1 aromatic carbocycles. The molecule has 2 saturated heterocycles. The molecular formula is C33H45N7O8. The molecule has 0 aliphatic carbocycles. The minimum Gasteiger partial charge on any atom is -0.391 e. The van der Waals surface area contributed by atoms with Crippen molar-refractivity contribution in [2.24, 2.45) is 5.92 Å². The summed E-state index contributed by atoms with van der Waals surface area (Å²) in [7, 11) is 0. The summed E-state index contributed by atoms with van der Waals surface area (Å²) in [6.07, 6.45) is -0.288. The molecule has 2 aliphatic heterocycles. The van der Waals surface area contributed by atoms with Crippen molar-refractivity contribution in [3.8, 4) is 0 Å². The number of carbonyl (C=O) groups is 6. The average molecular weight is 668 g/mol. The second-order valence-electron chi connectivity index (χ2n) is 12.8. The lowest BCUT2D eigenvalue weighted by atomic mass is 10.00. The summed E-state index contributed by atoms with van der Waals surface area (Å²) in [6.45, 7) is 6.86. The summed E-state index contributed by atoms with van der Waals surface area (Å²) >= 11 is 0. The van der Waals surface area contributed by atoms with Crippen molar-refractivity contribution in [1.29, 1.82) is 0 Å². The Morgan fingerprint density at radius 1 is 1.02 bits per heavy atom. The van der Waals surface area contributed by atoms with Gasteiger partial charge in [0.1, 0.15) is 36.0 Å². The zero-order valence-corrected chi connectivity index (χ0v) is 27.7. The van der Waals surface area contributed by atoms with Crippen LogP contribution in [0.5, 0.6) is 0 Å². The minimum absolute atomic E-state index is 0.0191. The fourth-order valence-electron chi connectivity index (χ4n) is 5.85. The maximum Gasteiger partial charge on any atom is 0.274 e. The van der Waals surface area contributed by atoms with E-state index >= 15 is 0 Å². The molecule has 2 fully saturated rings. The van der Waals surface area contributed by atoms with Crippen molar-refractivity contribution >= 4 is 35.4 Å². The van der Waals surface area contributed by atoms with Crippen LogP contribution in [0.1, 0.15) is 68.3 Å². The van der Waals surface area contributed by atoms with E-state index in [2.05, 4.69) is 31.7 Å². The summed E-state index contributed by atoms with van der Waals surface area (Å²) in [5.74, 6) is -3.23. The van der Waals surface area contributed by atoms with Crippen LogP contribution in [-0.2, 0) is 30.4 Å². The van der Waals surface area contributed by atoms with Gasteiger partial charge in [-0.2, -0.15) is 0 Å². The largest absolute Gasteiger partial charge is 0.391 e. The molecule has 0 spiro atoms. The van der Waals surface area contributed by atoms with Crippen LogP contribution in [0.4, 0.5) is 0 Å². The summed E-state index contributed by atoms with van der Waals surface area (Å²) in [5.41, 5.74) is 0.709. The Hall–Kier alpha value is -4.79. The number of hydrogen-bond acceptors (Lipinski definition) is 9. The minimum atomic E-state index is -1.14. The Labute approximate surface area is 278 Å². The first-order valence-corrected chi connectivity index (χ1v) is 16.3. The van der Waals surface area contributed by atoms with Crippen molar-refractivity contribution in [3.63, 3.8) is 0 Å². The lowest BCUT2D eigenvalue weighted by molar-refractivity contribution is -0.141. The number of benzene rings is 1. The summed E-state index contributed by atoms with van der Waals surface area (Å²) < 4.78 is 5.00. The number of aliphatic hydroxyl groups excluding tert-OH is 1. The predicted molar refractivity (Wildman–Crippen MR) is 172 cm³/mol. The lowest BCUT2D eigenvalue weighted by Crippen LogP contribution is -2.59. The third-order valence-corrected chi connectivity index (χ3v) is 8.30. The van der Waals surface area contributed by atoms with Gasteiger partial charge in [0.15, 0.2) is 5.69 Å². The van der Waals surface area contributed by atoms with Crippen LogP contribution < -0.4 is 26.6 Å². The number of rotatable bonds is 6. The van der Waals surface area contributed by atoms with Crippen molar-refractivity contribution < 1.29 is 38.4 Å². The maximum absolute atomic E-state index is 13.8. The fourth-order valence-corrected chi connectivity index (χ4v) is 5.85. The van der Waals surface area contributed by atoms with Crippen molar-refractivity contribution in [2.75, 3.05) is 13.1 Å². The van der Waals surface area contributed by atoms with E-state index in [1.165, 1.54) is 17.9 Å². The van der Waals surface area contributed by atoms with Gasteiger partial charge in [-0.15, -0.1) is 0 Å².